The Bertz CT molecular complexity index is 1370. The second-order valence-electron chi connectivity index (χ2n) is 7.12. The molecular formula is C22H20BrFN4O4S. The van der Waals surface area contributed by atoms with Crippen molar-refractivity contribution in [3.8, 4) is 5.88 Å². The molecular weight excluding hydrogens is 515 g/mol. The molecule has 0 aliphatic heterocycles. The van der Waals surface area contributed by atoms with Gasteiger partial charge in [-0.1, -0.05) is 45.4 Å². The van der Waals surface area contributed by atoms with Crippen LogP contribution >= 0.6 is 27.7 Å². The highest BCUT2D eigenvalue weighted by atomic mass is 79.9. The van der Waals surface area contributed by atoms with Crippen molar-refractivity contribution in [1.29, 1.82) is 0 Å². The monoisotopic (exact) mass is 534 g/mol. The molecule has 1 amide bonds. The van der Waals surface area contributed by atoms with Gasteiger partial charge in [-0.3, -0.25) is 18.7 Å². The molecule has 172 valence electrons. The van der Waals surface area contributed by atoms with Crippen molar-refractivity contribution in [3.63, 3.8) is 0 Å². The van der Waals surface area contributed by atoms with Gasteiger partial charge in [0.25, 0.3) is 5.56 Å². The number of halogens is 2. The lowest BCUT2D eigenvalue weighted by atomic mass is 10.2. The minimum atomic E-state index is -0.756. The van der Waals surface area contributed by atoms with Crippen molar-refractivity contribution >= 4 is 50.0 Å². The van der Waals surface area contributed by atoms with E-state index in [9.17, 15) is 23.9 Å². The van der Waals surface area contributed by atoms with Crippen LogP contribution in [0.2, 0.25) is 0 Å². The highest BCUT2D eigenvalue weighted by Gasteiger charge is 2.22. The average molecular weight is 535 g/mol. The van der Waals surface area contributed by atoms with E-state index in [4.69, 9.17) is 0 Å². The number of hydrogen-bond acceptors (Lipinski definition) is 6. The van der Waals surface area contributed by atoms with Gasteiger partial charge in [0.2, 0.25) is 11.8 Å². The van der Waals surface area contributed by atoms with Crippen LogP contribution in [0.1, 0.15) is 11.1 Å². The number of aromatic nitrogens is 2. The third-order valence-corrected chi connectivity index (χ3v) is 6.13. The molecule has 8 nitrogen and oxygen atoms in total. The summed E-state index contributed by atoms with van der Waals surface area (Å²) >= 11 is 4.03. The minimum absolute atomic E-state index is 0.00157. The van der Waals surface area contributed by atoms with Crippen molar-refractivity contribution in [3.05, 3.63) is 84.7 Å². The maximum absolute atomic E-state index is 14.0. The lowest BCUT2D eigenvalue weighted by molar-refractivity contribution is -0.113. The Labute approximate surface area is 200 Å². The van der Waals surface area contributed by atoms with Gasteiger partial charge < -0.3 is 10.4 Å². The fraction of sp³-hybridized carbons (Fsp3) is 0.182. The molecule has 0 saturated carbocycles. The summed E-state index contributed by atoms with van der Waals surface area (Å²) in [6.07, 6.45) is 0. The van der Waals surface area contributed by atoms with E-state index in [1.807, 2.05) is 19.1 Å². The molecule has 2 N–H and O–H groups in total. The minimum Gasteiger partial charge on any atom is -0.494 e. The Hall–Kier alpha value is -3.18. The summed E-state index contributed by atoms with van der Waals surface area (Å²) in [6.45, 7) is 1.91. The van der Waals surface area contributed by atoms with Crippen LogP contribution in [0.15, 0.2) is 61.5 Å². The maximum Gasteiger partial charge on any atom is 0.333 e. The van der Waals surface area contributed by atoms with Crippen LogP contribution in [-0.4, -0.2) is 30.9 Å². The smallest absolute Gasteiger partial charge is 0.333 e. The number of hydrogen-bond donors (Lipinski definition) is 2. The number of aryl methyl sites for hydroxylation is 1. The largest absolute Gasteiger partial charge is 0.494 e. The van der Waals surface area contributed by atoms with Gasteiger partial charge in [-0.15, -0.1) is 0 Å². The van der Waals surface area contributed by atoms with E-state index >= 15 is 0 Å². The van der Waals surface area contributed by atoms with Gasteiger partial charge in [-0.05, 0) is 37.3 Å². The molecule has 11 heteroatoms. The van der Waals surface area contributed by atoms with Gasteiger partial charge in [0.05, 0.1) is 17.1 Å². The molecule has 0 bridgehead atoms. The van der Waals surface area contributed by atoms with E-state index in [-0.39, 0.29) is 22.0 Å². The topological polar surface area (TPSA) is 106 Å². The molecule has 3 rings (SSSR count). The number of benzene rings is 2. The maximum atomic E-state index is 14.0. The summed E-state index contributed by atoms with van der Waals surface area (Å²) in [7, 11) is 2.60. The Balaban J connectivity index is 1.97. The van der Waals surface area contributed by atoms with Crippen LogP contribution in [-0.2, 0) is 18.9 Å². The Kier molecular flexibility index (Phi) is 7.54. The molecule has 0 unspecified atom stereocenters. The molecule has 1 aromatic heterocycles. The molecule has 0 fully saturated rings. The molecule has 0 aliphatic rings. The Morgan fingerprint density at radius 1 is 1.15 bits per heavy atom. The molecule has 0 aliphatic carbocycles. The van der Waals surface area contributed by atoms with Crippen molar-refractivity contribution in [1.82, 2.24) is 9.13 Å². The molecule has 2 aromatic carbocycles. The zero-order valence-corrected chi connectivity index (χ0v) is 20.3. The first-order valence-corrected chi connectivity index (χ1v) is 11.4. The molecule has 3 aromatic rings. The second kappa shape index (κ2) is 10.2. The average Bonchev–Trinajstić information content (AvgIpc) is 2.78. The summed E-state index contributed by atoms with van der Waals surface area (Å²) < 4.78 is 16.3. The van der Waals surface area contributed by atoms with Crippen LogP contribution < -0.4 is 16.6 Å². The third-order valence-electron chi connectivity index (χ3n) is 4.66. The zero-order chi connectivity index (χ0) is 24.3. The summed E-state index contributed by atoms with van der Waals surface area (Å²) in [5.41, 5.74) is -0.190. The SMILES string of the molecule is Cc1ccc(N=C(SCC(=O)Nc2ccc(Br)cc2F)c2c(O)n(C)c(=O)n(C)c2=O)cc1. The number of rotatable bonds is 5. The molecule has 0 saturated heterocycles. The predicted octanol–water partition coefficient (Wildman–Crippen LogP) is 3.45. The van der Waals surface area contributed by atoms with E-state index in [1.165, 1.54) is 26.2 Å². The normalized spacial score (nSPS) is 11.5. The van der Waals surface area contributed by atoms with Crippen LogP contribution in [0.5, 0.6) is 5.88 Å². The number of aromatic hydroxyl groups is 1. The Morgan fingerprint density at radius 2 is 1.82 bits per heavy atom. The number of anilines is 1. The van der Waals surface area contributed by atoms with Crippen LogP contribution in [0.3, 0.4) is 0 Å². The lowest BCUT2D eigenvalue weighted by Crippen LogP contribution is -2.39. The summed E-state index contributed by atoms with van der Waals surface area (Å²) in [6, 6.07) is 11.3. The van der Waals surface area contributed by atoms with E-state index in [0.29, 0.717) is 10.2 Å². The fourth-order valence-electron chi connectivity index (χ4n) is 2.83. The quantitative estimate of drug-likeness (QED) is 0.385. The van der Waals surface area contributed by atoms with Crippen LogP contribution in [0.25, 0.3) is 0 Å². The number of amides is 1. The van der Waals surface area contributed by atoms with E-state index in [0.717, 1.165) is 26.5 Å². The van der Waals surface area contributed by atoms with E-state index in [1.54, 1.807) is 18.2 Å². The van der Waals surface area contributed by atoms with Crippen molar-refractivity contribution in [2.45, 2.75) is 6.92 Å². The lowest BCUT2D eigenvalue weighted by Gasteiger charge is -2.13. The predicted molar refractivity (Wildman–Crippen MR) is 131 cm³/mol. The third kappa shape index (κ3) is 5.60. The first-order valence-electron chi connectivity index (χ1n) is 9.61. The summed E-state index contributed by atoms with van der Waals surface area (Å²) in [5.74, 6) is -1.95. The van der Waals surface area contributed by atoms with Gasteiger partial charge in [-0.2, -0.15) is 0 Å². The van der Waals surface area contributed by atoms with Gasteiger partial charge in [-0.25, -0.2) is 14.2 Å². The number of nitrogens with zero attached hydrogens (tertiary/aromatic N) is 3. The van der Waals surface area contributed by atoms with Gasteiger partial charge in [0.1, 0.15) is 16.4 Å². The van der Waals surface area contributed by atoms with Crippen LogP contribution in [0, 0.1) is 12.7 Å². The van der Waals surface area contributed by atoms with E-state index in [2.05, 4.69) is 26.2 Å². The van der Waals surface area contributed by atoms with Gasteiger partial charge in [0, 0.05) is 18.6 Å². The first kappa shape index (κ1) is 24.5. The number of nitrogens with one attached hydrogen (secondary N) is 1. The first-order chi connectivity index (χ1) is 15.6. The molecule has 0 spiro atoms. The number of carbonyl (C=O) groups excluding carboxylic acids is 1. The highest BCUT2D eigenvalue weighted by molar-refractivity contribution is 9.10. The van der Waals surface area contributed by atoms with Gasteiger partial charge in [0.15, 0.2) is 0 Å². The fourth-order valence-corrected chi connectivity index (χ4v) is 3.99. The standard InChI is InChI=1S/C22H20BrFN4O4S/c1-12-4-7-14(8-5-12)25-19(18-20(30)27(2)22(32)28(3)21(18)31)33-11-17(29)26-16-9-6-13(23)10-15(16)24/h4-10,30H,11H2,1-3H3,(H,26,29). The van der Waals surface area contributed by atoms with Gasteiger partial charge >= 0.3 is 5.69 Å². The number of aliphatic imine (C=N–C) groups is 1. The molecule has 1 heterocycles. The Morgan fingerprint density at radius 3 is 2.45 bits per heavy atom. The van der Waals surface area contributed by atoms with Crippen molar-refractivity contribution < 1.29 is 14.3 Å². The van der Waals surface area contributed by atoms with Crippen molar-refractivity contribution in [2.75, 3.05) is 11.1 Å². The number of thioether (sulfide) groups is 1. The summed E-state index contributed by atoms with van der Waals surface area (Å²) in [5, 5.41) is 13.0. The van der Waals surface area contributed by atoms with E-state index < -0.39 is 28.9 Å². The second-order valence-corrected chi connectivity index (χ2v) is 9.00. The van der Waals surface area contributed by atoms with Crippen LogP contribution in [0.4, 0.5) is 15.8 Å². The molecule has 0 atom stereocenters. The highest BCUT2D eigenvalue weighted by Crippen LogP contribution is 2.24. The zero-order valence-electron chi connectivity index (χ0n) is 17.9. The van der Waals surface area contributed by atoms with Crippen molar-refractivity contribution in [2.24, 2.45) is 19.1 Å². The molecule has 33 heavy (non-hydrogen) atoms. The number of carbonyl (C=O) groups is 1. The summed E-state index contributed by atoms with van der Waals surface area (Å²) in [4.78, 5) is 41.8. The molecule has 0 radical (unpaired) electrons.